The molecule has 0 unspecified atom stereocenters. The third kappa shape index (κ3) is 6.32. The normalized spacial score (nSPS) is 11.6. The average Bonchev–Trinajstić information content (AvgIpc) is 2.94. The highest BCUT2D eigenvalue weighted by Crippen LogP contribution is 2.32. The van der Waals surface area contributed by atoms with E-state index in [1.54, 1.807) is 48.5 Å². The van der Waals surface area contributed by atoms with Crippen molar-refractivity contribution in [1.29, 1.82) is 0 Å². The van der Waals surface area contributed by atoms with Gasteiger partial charge < -0.3 is 9.47 Å². The number of carbonyl (C=O) groups is 1. The number of ether oxygens (including phenoxy) is 2. The molecule has 0 aliphatic carbocycles. The van der Waals surface area contributed by atoms with Crippen LogP contribution in [-0.2, 0) is 20.2 Å². The first-order valence-electron chi connectivity index (χ1n) is 12.8. The molecule has 0 atom stereocenters. The van der Waals surface area contributed by atoms with Crippen LogP contribution in [0.1, 0.15) is 37.5 Å². The largest absolute Gasteiger partial charge is 0.494 e. The van der Waals surface area contributed by atoms with E-state index >= 15 is 0 Å². The Kier molecular flexibility index (Phi) is 8.41. The Hall–Kier alpha value is -4.10. The van der Waals surface area contributed by atoms with E-state index in [-0.39, 0.29) is 16.0 Å². The van der Waals surface area contributed by atoms with Gasteiger partial charge in [-0.05, 0) is 73.5 Å². The predicted octanol–water partition coefficient (Wildman–Crippen LogP) is 6.52. The number of anilines is 1. The standard InChI is InChI=1S/C32H33NO5S/c1-5-37-28-19-15-27(16-20-28)33(39(35,36)30-21-11-24(2)12-22-30)31(34)23-38-29-17-13-26(14-18-29)32(3,4)25-9-7-6-8-10-25/h6-22H,5,23H2,1-4H3. The highest BCUT2D eigenvalue weighted by atomic mass is 32.2. The molecule has 202 valence electrons. The topological polar surface area (TPSA) is 72.9 Å². The van der Waals surface area contributed by atoms with Gasteiger partial charge in [-0.3, -0.25) is 4.79 Å². The minimum atomic E-state index is -4.19. The third-order valence-electron chi connectivity index (χ3n) is 6.60. The maximum atomic E-state index is 13.6. The molecule has 0 aliphatic heterocycles. The van der Waals surface area contributed by atoms with Gasteiger partial charge in [-0.2, -0.15) is 4.31 Å². The van der Waals surface area contributed by atoms with E-state index in [2.05, 4.69) is 26.0 Å². The van der Waals surface area contributed by atoms with E-state index in [0.29, 0.717) is 18.1 Å². The summed E-state index contributed by atoms with van der Waals surface area (Å²) in [5.41, 5.74) is 3.16. The summed E-state index contributed by atoms with van der Waals surface area (Å²) in [6.45, 7) is 8.03. The molecular formula is C32H33NO5S. The van der Waals surface area contributed by atoms with Crippen molar-refractivity contribution < 1.29 is 22.7 Å². The van der Waals surface area contributed by atoms with Crippen molar-refractivity contribution in [3.8, 4) is 11.5 Å². The summed E-state index contributed by atoms with van der Waals surface area (Å²) in [5.74, 6) is 0.333. The Balaban J connectivity index is 1.57. The summed E-state index contributed by atoms with van der Waals surface area (Å²) < 4.78 is 39.3. The molecule has 7 heteroatoms. The van der Waals surface area contributed by atoms with Gasteiger partial charge in [-0.25, -0.2) is 8.42 Å². The Morgan fingerprint density at radius 1 is 0.744 bits per heavy atom. The molecule has 0 spiro atoms. The van der Waals surface area contributed by atoms with Gasteiger partial charge >= 0.3 is 0 Å². The van der Waals surface area contributed by atoms with Gasteiger partial charge in [0, 0.05) is 5.41 Å². The van der Waals surface area contributed by atoms with Crippen LogP contribution in [0.4, 0.5) is 5.69 Å². The summed E-state index contributed by atoms with van der Waals surface area (Å²) >= 11 is 0. The number of rotatable bonds is 10. The van der Waals surface area contributed by atoms with E-state index in [4.69, 9.17) is 9.47 Å². The maximum absolute atomic E-state index is 13.6. The Morgan fingerprint density at radius 3 is 1.87 bits per heavy atom. The molecule has 0 fully saturated rings. The van der Waals surface area contributed by atoms with Crippen molar-refractivity contribution in [2.24, 2.45) is 0 Å². The first-order valence-corrected chi connectivity index (χ1v) is 14.2. The van der Waals surface area contributed by atoms with E-state index in [1.165, 1.54) is 17.7 Å². The van der Waals surface area contributed by atoms with Crippen molar-refractivity contribution in [2.75, 3.05) is 17.5 Å². The predicted molar refractivity (Wildman–Crippen MR) is 154 cm³/mol. The second-order valence-corrected chi connectivity index (χ2v) is 11.5. The summed E-state index contributed by atoms with van der Waals surface area (Å²) in [7, 11) is -4.19. The van der Waals surface area contributed by atoms with Gasteiger partial charge in [0.2, 0.25) is 0 Å². The highest BCUT2D eigenvalue weighted by molar-refractivity contribution is 7.93. The van der Waals surface area contributed by atoms with Crippen LogP contribution in [-0.4, -0.2) is 27.5 Å². The number of hydrogen-bond donors (Lipinski definition) is 0. The molecule has 0 bridgehead atoms. The molecule has 0 saturated heterocycles. The van der Waals surface area contributed by atoms with Gasteiger partial charge in [0.05, 0.1) is 17.2 Å². The third-order valence-corrected chi connectivity index (χ3v) is 8.36. The molecule has 0 heterocycles. The molecule has 0 saturated carbocycles. The lowest BCUT2D eigenvalue weighted by atomic mass is 9.78. The Morgan fingerprint density at radius 2 is 1.28 bits per heavy atom. The van der Waals surface area contributed by atoms with E-state index in [1.807, 2.05) is 44.2 Å². The summed E-state index contributed by atoms with van der Waals surface area (Å²) in [6, 6.07) is 30.5. The van der Waals surface area contributed by atoms with Crippen LogP contribution in [0.15, 0.2) is 108 Å². The minimum absolute atomic E-state index is 0.0165. The number of aryl methyl sites for hydroxylation is 1. The molecule has 1 amide bonds. The molecule has 6 nitrogen and oxygen atoms in total. The Bertz CT molecular complexity index is 1500. The summed E-state index contributed by atoms with van der Waals surface area (Å²) in [4.78, 5) is 13.4. The number of benzene rings is 4. The molecular weight excluding hydrogens is 510 g/mol. The smallest absolute Gasteiger partial charge is 0.278 e. The fourth-order valence-electron chi connectivity index (χ4n) is 4.27. The lowest BCUT2D eigenvalue weighted by Crippen LogP contribution is -2.40. The van der Waals surface area contributed by atoms with Crippen LogP contribution < -0.4 is 13.8 Å². The van der Waals surface area contributed by atoms with E-state index in [9.17, 15) is 13.2 Å². The lowest BCUT2D eigenvalue weighted by Gasteiger charge is -2.26. The summed E-state index contributed by atoms with van der Waals surface area (Å²) in [6.07, 6.45) is 0. The fourth-order valence-corrected chi connectivity index (χ4v) is 5.68. The van der Waals surface area contributed by atoms with Crippen molar-refractivity contribution in [3.05, 3.63) is 120 Å². The quantitative estimate of drug-likeness (QED) is 0.228. The molecule has 4 rings (SSSR count). The van der Waals surface area contributed by atoms with Gasteiger partial charge in [0.25, 0.3) is 15.9 Å². The molecule has 0 radical (unpaired) electrons. The number of hydrogen-bond acceptors (Lipinski definition) is 5. The highest BCUT2D eigenvalue weighted by Gasteiger charge is 2.31. The van der Waals surface area contributed by atoms with Crippen LogP contribution in [0.25, 0.3) is 0 Å². The second-order valence-electron chi connectivity index (χ2n) is 9.71. The van der Waals surface area contributed by atoms with Crippen LogP contribution in [0, 0.1) is 6.92 Å². The Labute approximate surface area is 230 Å². The molecule has 0 N–H and O–H groups in total. The zero-order valence-electron chi connectivity index (χ0n) is 22.6. The van der Waals surface area contributed by atoms with Gasteiger partial charge in [-0.15, -0.1) is 0 Å². The van der Waals surface area contributed by atoms with Crippen molar-refractivity contribution >= 4 is 21.6 Å². The van der Waals surface area contributed by atoms with Gasteiger partial charge in [0.1, 0.15) is 11.5 Å². The monoisotopic (exact) mass is 543 g/mol. The van der Waals surface area contributed by atoms with Crippen LogP contribution in [0.2, 0.25) is 0 Å². The van der Waals surface area contributed by atoms with E-state index in [0.717, 1.165) is 15.4 Å². The van der Waals surface area contributed by atoms with Crippen molar-refractivity contribution in [2.45, 2.75) is 38.0 Å². The van der Waals surface area contributed by atoms with Gasteiger partial charge in [-0.1, -0.05) is 74.0 Å². The molecule has 39 heavy (non-hydrogen) atoms. The first-order chi connectivity index (χ1) is 18.6. The molecule has 4 aromatic carbocycles. The molecule has 0 aliphatic rings. The van der Waals surface area contributed by atoms with Crippen molar-refractivity contribution in [1.82, 2.24) is 0 Å². The number of amides is 1. The van der Waals surface area contributed by atoms with E-state index < -0.39 is 22.5 Å². The SMILES string of the molecule is CCOc1ccc(N(C(=O)COc2ccc(C(C)(C)c3ccccc3)cc2)S(=O)(=O)c2ccc(C)cc2)cc1. The zero-order valence-corrected chi connectivity index (χ0v) is 23.4. The molecule has 4 aromatic rings. The maximum Gasteiger partial charge on any atom is 0.278 e. The van der Waals surface area contributed by atoms with Gasteiger partial charge in [0.15, 0.2) is 6.61 Å². The summed E-state index contributed by atoms with van der Waals surface area (Å²) in [5, 5.41) is 0. The number of carbonyl (C=O) groups excluding carboxylic acids is 1. The minimum Gasteiger partial charge on any atom is -0.494 e. The number of sulfonamides is 1. The van der Waals surface area contributed by atoms with Crippen LogP contribution in [0.3, 0.4) is 0 Å². The lowest BCUT2D eigenvalue weighted by molar-refractivity contribution is -0.119. The molecule has 0 aromatic heterocycles. The first kappa shape index (κ1) is 27.9. The van der Waals surface area contributed by atoms with Crippen LogP contribution in [0.5, 0.6) is 11.5 Å². The average molecular weight is 544 g/mol. The second kappa shape index (κ2) is 11.7. The number of nitrogens with zero attached hydrogens (tertiary/aromatic N) is 1. The zero-order chi connectivity index (χ0) is 28.0. The fraction of sp³-hybridized carbons (Fsp3) is 0.219. The van der Waals surface area contributed by atoms with Crippen molar-refractivity contribution in [3.63, 3.8) is 0 Å². The van der Waals surface area contributed by atoms with Crippen LogP contribution >= 0.6 is 0 Å².